The molecule has 2 aliphatic heterocycles. The van der Waals surface area contributed by atoms with Gasteiger partial charge in [-0.15, -0.1) is 0 Å². The maximum Gasteiger partial charge on any atom is 0.343 e. The van der Waals surface area contributed by atoms with E-state index in [1.807, 2.05) is 24.3 Å². The first-order valence-electron chi connectivity index (χ1n) is 7.51. The van der Waals surface area contributed by atoms with Gasteiger partial charge in [-0.05, 0) is 12.1 Å². The SMILES string of the molecule is O=C1CC[C@@]2(C(=O)OCc3csc([N+](=O)[O-])c3)Sc3ccccc3N12. The number of anilines is 1. The van der Waals surface area contributed by atoms with Gasteiger partial charge in [-0.25, -0.2) is 4.79 Å². The quantitative estimate of drug-likeness (QED) is 0.462. The molecular weight excluding hydrogens is 364 g/mol. The number of hydrogen-bond acceptors (Lipinski definition) is 7. The fraction of sp³-hybridized carbons (Fsp3) is 0.250. The van der Waals surface area contributed by atoms with Crippen molar-refractivity contribution in [2.75, 3.05) is 4.90 Å². The van der Waals surface area contributed by atoms with E-state index in [-0.39, 0.29) is 17.5 Å². The number of benzene rings is 1. The van der Waals surface area contributed by atoms with Gasteiger partial charge in [0.1, 0.15) is 6.61 Å². The van der Waals surface area contributed by atoms with Gasteiger partial charge in [0.15, 0.2) is 4.87 Å². The van der Waals surface area contributed by atoms with Crippen LogP contribution in [0.15, 0.2) is 40.6 Å². The van der Waals surface area contributed by atoms with Gasteiger partial charge >= 0.3 is 11.0 Å². The maximum absolute atomic E-state index is 12.8. The monoisotopic (exact) mass is 376 g/mol. The molecule has 4 rings (SSSR count). The summed E-state index contributed by atoms with van der Waals surface area (Å²) in [5.41, 5.74) is 1.30. The number of para-hydroxylation sites is 1. The minimum absolute atomic E-state index is 0.00419. The van der Waals surface area contributed by atoms with Crippen molar-refractivity contribution in [1.29, 1.82) is 0 Å². The Morgan fingerprint density at radius 3 is 2.96 bits per heavy atom. The number of thiophene rings is 1. The summed E-state index contributed by atoms with van der Waals surface area (Å²) in [7, 11) is 0. The van der Waals surface area contributed by atoms with Crippen molar-refractivity contribution < 1.29 is 19.2 Å². The Balaban J connectivity index is 1.55. The minimum atomic E-state index is -1.07. The smallest absolute Gasteiger partial charge is 0.343 e. The summed E-state index contributed by atoms with van der Waals surface area (Å²) in [6.07, 6.45) is 0.675. The van der Waals surface area contributed by atoms with Crippen LogP contribution >= 0.6 is 23.1 Å². The maximum atomic E-state index is 12.8. The molecule has 0 unspecified atom stereocenters. The number of nitrogens with zero attached hydrogens (tertiary/aromatic N) is 2. The van der Waals surface area contributed by atoms with Gasteiger partial charge in [-0.1, -0.05) is 35.2 Å². The summed E-state index contributed by atoms with van der Waals surface area (Å²) >= 11 is 2.33. The number of hydrogen-bond donors (Lipinski definition) is 0. The number of amides is 1. The molecule has 0 spiro atoms. The highest BCUT2D eigenvalue weighted by atomic mass is 32.2. The molecule has 1 aromatic carbocycles. The van der Waals surface area contributed by atoms with E-state index in [1.165, 1.54) is 22.7 Å². The molecule has 0 N–H and O–H groups in total. The Morgan fingerprint density at radius 1 is 1.40 bits per heavy atom. The Bertz CT molecular complexity index is 896. The van der Waals surface area contributed by atoms with Crippen molar-refractivity contribution in [1.82, 2.24) is 0 Å². The molecular formula is C16H12N2O5S2. The molecule has 1 fully saturated rings. The first-order chi connectivity index (χ1) is 12.0. The van der Waals surface area contributed by atoms with Gasteiger partial charge in [0.25, 0.3) is 0 Å². The van der Waals surface area contributed by atoms with Gasteiger partial charge in [-0.3, -0.25) is 19.8 Å². The molecule has 0 radical (unpaired) electrons. The molecule has 0 saturated carbocycles. The predicted octanol–water partition coefficient (Wildman–Crippen LogP) is 3.33. The number of thioether (sulfide) groups is 1. The molecule has 9 heteroatoms. The van der Waals surface area contributed by atoms with Gasteiger partial charge < -0.3 is 4.74 Å². The van der Waals surface area contributed by atoms with Crippen molar-refractivity contribution in [2.24, 2.45) is 0 Å². The van der Waals surface area contributed by atoms with Gasteiger partial charge in [0.2, 0.25) is 5.91 Å². The summed E-state index contributed by atoms with van der Waals surface area (Å²) < 4.78 is 5.42. The van der Waals surface area contributed by atoms with E-state index >= 15 is 0 Å². The van der Waals surface area contributed by atoms with Crippen molar-refractivity contribution in [3.05, 3.63) is 51.4 Å². The number of esters is 1. The highest BCUT2D eigenvalue weighted by Gasteiger charge is 2.58. The molecule has 2 aliphatic rings. The average molecular weight is 376 g/mol. The van der Waals surface area contributed by atoms with Crippen molar-refractivity contribution >= 4 is 45.7 Å². The number of carbonyl (C=O) groups is 2. The Hall–Kier alpha value is -2.39. The third-order valence-electron chi connectivity index (χ3n) is 4.18. The second-order valence-electron chi connectivity index (χ2n) is 5.71. The molecule has 0 bridgehead atoms. The zero-order chi connectivity index (χ0) is 17.6. The highest BCUT2D eigenvalue weighted by molar-refractivity contribution is 8.02. The lowest BCUT2D eigenvalue weighted by atomic mass is 10.2. The van der Waals surface area contributed by atoms with Crippen LogP contribution in [0, 0.1) is 10.1 Å². The van der Waals surface area contributed by atoms with Gasteiger partial charge in [0, 0.05) is 34.7 Å². The topological polar surface area (TPSA) is 89.8 Å². The Kier molecular flexibility index (Phi) is 3.77. The molecule has 2 aromatic rings. The highest BCUT2D eigenvalue weighted by Crippen LogP contribution is 2.56. The van der Waals surface area contributed by atoms with E-state index in [1.54, 1.807) is 5.38 Å². The second kappa shape index (κ2) is 5.85. The van der Waals surface area contributed by atoms with Crippen LogP contribution in [0.5, 0.6) is 0 Å². The summed E-state index contributed by atoms with van der Waals surface area (Å²) in [4.78, 5) is 36.7. The Morgan fingerprint density at radius 2 is 2.20 bits per heavy atom. The van der Waals surface area contributed by atoms with Crippen LogP contribution in [0.2, 0.25) is 0 Å². The number of ether oxygens (including phenoxy) is 1. The number of rotatable bonds is 4. The Labute approximate surface area is 150 Å². The lowest BCUT2D eigenvalue weighted by molar-refractivity contribution is -0.380. The van der Waals surface area contributed by atoms with Crippen LogP contribution in [-0.4, -0.2) is 21.7 Å². The first-order valence-corrected chi connectivity index (χ1v) is 9.21. The predicted molar refractivity (Wildman–Crippen MR) is 92.5 cm³/mol. The van der Waals surface area contributed by atoms with E-state index in [2.05, 4.69) is 0 Å². The molecule has 7 nitrogen and oxygen atoms in total. The van der Waals surface area contributed by atoms with E-state index in [4.69, 9.17) is 4.74 Å². The molecule has 1 atom stereocenters. The fourth-order valence-electron chi connectivity index (χ4n) is 3.07. The largest absolute Gasteiger partial charge is 0.458 e. The number of nitro groups is 1. The molecule has 1 aromatic heterocycles. The standard InChI is InChI=1S/C16H12N2O5S2/c19-13-5-6-16(17(13)11-3-1-2-4-12(11)25-16)15(20)23-8-10-7-14(18(21)22)24-9-10/h1-4,7,9H,5-6,8H2/t16-/m0/s1. The van der Waals surface area contributed by atoms with Crippen LogP contribution in [0.3, 0.4) is 0 Å². The molecule has 1 amide bonds. The van der Waals surface area contributed by atoms with E-state index < -0.39 is 15.8 Å². The van der Waals surface area contributed by atoms with Crippen LogP contribution in [-0.2, 0) is 20.9 Å². The molecule has 0 aliphatic carbocycles. The molecule has 128 valence electrons. The van der Waals surface area contributed by atoms with Gasteiger partial charge in [0.05, 0.1) is 10.6 Å². The first kappa shape index (κ1) is 16.1. The van der Waals surface area contributed by atoms with E-state index in [0.717, 1.165) is 21.9 Å². The molecule has 25 heavy (non-hydrogen) atoms. The number of carbonyl (C=O) groups excluding carboxylic acids is 2. The van der Waals surface area contributed by atoms with Crippen molar-refractivity contribution in [3.8, 4) is 0 Å². The van der Waals surface area contributed by atoms with Crippen LogP contribution in [0.1, 0.15) is 18.4 Å². The van der Waals surface area contributed by atoms with Crippen molar-refractivity contribution in [3.63, 3.8) is 0 Å². The summed E-state index contributed by atoms with van der Waals surface area (Å²) in [6.45, 7) is -0.0517. The normalized spacial score (nSPS) is 21.1. The summed E-state index contributed by atoms with van der Waals surface area (Å²) in [5, 5.41) is 12.3. The third-order valence-corrected chi connectivity index (χ3v) is 6.57. The van der Waals surface area contributed by atoms with E-state index in [9.17, 15) is 19.7 Å². The van der Waals surface area contributed by atoms with Gasteiger partial charge in [-0.2, -0.15) is 0 Å². The second-order valence-corrected chi connectivity index (χ2v) is 7.92. The zero-order valence-corrected chi connectivity index (χ0v) is 14.5. The van der Waals surface area contributed by atoms with Crippen LogP contribution < -0.4 is 4.90 Å². The van der Waals surface area contributed by atoms with Crippen molar-refractivity contribution in [2.45, 2.75) is 29.2 Å². The van der Waals surface area contributed by atoms with Crippen LogP contribution in [0.4, 0.5) is 10.7 Å². The molecule has 1 saturated heterocycles. The average Bonchev–Trinajstić information content (AvgIpc) is 3.27. The number of fused-ring (bicyclic) bond motifs is 3. The lowest BCUT2D eigenvalue weighted by Crippen LogP contribution is -2.47. The fourth-order valence-corrected chi connectivity index (χ4v) is 5.19. The third kappa shape index (κ3) is 2.50. The summed E-state index contributed by atoms with van der Waals surface area (Å²) in [6, 6.07) is 8.79. The zero-order valence-electron chi connectivity index (χ0n) is 12.8. The van der Waals surface area contributed by atoms with Crippen LogP contribution in [0.25, 0.3) is 0 Å². The summed E-state index contributed by atoms with van der Waals surface area (Å²) in [5.74, 6) is -0.589. The van der Waals surface area contributed by atoms with E-state index in [0.29, 0.717) is 18.4 Å². The molecule has 3 heterocycles. The lowest BCUT2D eigenvalue weighted by Gasteiger charge is -2.28. The minimum Gasteiger partial charge on any atom is -0.458 e.